The normalized spacial score (nSPS) is 10.9. The number of hydrogen-bond acceptors (Lipinski definition) is 5. The van der Waals surface area contributed by atoms with E-state index in [2.05, 4.69) is 0 Å². The maximum Gasteiger partial charge on any atom is 0.336 e. The van der Waals surface area contributed by atoms with Gasteiger partial charge < -0.3 is 19.5 Å². The smallest absolute Gasteiger partial charge is 0.336 e. The summed E-state index contributed by atoms with van der Waals surface area (Å²) in [4.78, 5) is 25.6. The third-order valence-corrected chi connectivity index (χ3v) is 3.61. The summed E-state index contributed by atoms with van der Waals surface area (Å²) in [5.74, 6) is -0.164. The fourth-order valence-corrected chi connectivity index (χ4v) is 2.50. The van der Waals surface area contributed by atoms with Crippen LogP contribution in [-0.2, 0) is 0 Å². The second kappa shape index (κ2) is 7.89. The van der Waals surface area contributed by atoms with Crippen LogP contribution in [0.25, 0.3) is 11.0 Å². The number of benzene rings is 1. The molecule has 0 fully saturated rings. The van der Waals surface area contributed by atoms with Gasteiger partial charge in [0.15, 0.2) is 0 Å². The van der Waals surface area contributed by atoms with Gasteiger partial charge in [-0.05, 0) is 43.5 Å². The van der Waals surface area contributed by atoms with Crippen molar-refractivity contribution >= 4 is 16.9 Å². The molecule has 0 atom stereocenters. The van der Waals surface area contributed by atoms with Crippen LogP contribution in [0, 0.1) is 6.92 Å². The molecule has 2 rings (SSSR count). The van der Waals surface area contributed by atoms with E-state index in [0.29, 0.717) is 48.0 Å². The van der Waals surface area contributed by atoms with Crippen LogP contribution < -0.4 is 5.63 Å². The lowest BCUT2D eigenvalue weighted by atomic mass is 10.1. The van der Waals surface area contributed by atoms with Gasteiger partial charge in [0.1, 0.15) is 5.58 Å². The average molecular weight is 319 g/mol. The maximum absolute atomic E-state index is 12.7. The van der Waals surface area contributed by atoms with E-state index in [-0.39, 0.29) is 19.1 Å². The van der Waals surface area contributed by atoms with Crippen molar-refractivity contribution in [2.75, 3.05) is 26.3 Å². The Morgan fingerprint density at radius 2 is 1.78 bits per heavy atom. The zero-order chi connectivity index (χ0) is 16.8. The average Bonchev–Trinajstić information content (AvgIpc) is 2.55. The van der Waals surface area contributed by atoms with Crippen LogP contribution in [0.1, 0.15) is 28.8 Å². The fraction of sp³-hybridized carbons (Fsp3) is 0.412. The number of carbonyl (C=O) groups is 1. The minimum absolute atomic E-state index is 0.00477. The Hall–Kier alpha value is -2.18. The second-order valence-electron chi connectivity index (χ2n) is 5.41. The van der Waals surface area contributed by atoms with E-state index in [9.17, 15) is 9.59 Å². The van der Waals surface area contributed by atoms with Gasteiger partial charge in [-0.25, -0.2) is 4.79 Å². The standard InChI is InChI=1S/C17H21NO5/c1-12-10-14(11-13-4-5-15(21)23-16(12)13)17(22)18(6-2-8-19)7-3-9-20/h4-5,10-11,19-20H,2-3,6-9H2,1H3. The highest BCUT2D eigenvalue weighted by atomic mass is 16.4. The highest BCUT2D eigenvalue weighted by molar-refractivity contribution is 5.98. The van der Waals surface area contributed by atoms with E-state index in [4.69, 9.17) is 14.6 Å². The van der Waals surface area contributed by atoms with Crippen molar-refractivity contribution in [3.8, 4) is 0 Å². The summed E-state index contributed by atoms with van der Waals surface area (Å²) < 4.78 is 5.17. The number of amides is 1. The third-order valence-electron chi connectivity index (χ3n) is 3.61. The Morgan fingerprint density at radius 1 is 1.13 bits per heavy atom. The molecule has 0 aliphatic heterocycles. The topological polar surface area (TPSA) is 91.0 Å². The SMILES string of the molecule is Cc1cc(C(=O)N(CCCO)CCCO)cc2ccc(=O)oc12. The van der Waals surface area contributed by atoms with Crippen molar-refractivity contribution in [2.45, 2.75) is 19.8 Å². The maximum atomic E-state index is 12.7. The molecule has 0 unspecified atom stereocenters. The van der Waals surface area contributed by atoms with E-state index >= 15 is 0 Å². The Morgan fingerprint density at radius 3 is 2.39 bits per heavy atom. The van der Waals surface area contributed by atoms with E-state index in [0.717, 1.165) is 0 Å². The Kier molecular flexibility index (Phi) is 5.90. The monoisotopic (exact) mass is 319 g/mol. The van der Waals surface area contributed by atoms with Crippen LogP contribution in [0.5, 0.6) is 0 Å². The van der Waals surface area contributed by atoms with E-state index < -0.39 is 5.63 Å². The second-order valence-corrected chi connectivity index (χ2v) is 5.41. The fourth-order valence-electron chi connectivity index (χ4n) is 2.50. The van der Waals surface area contributed by atoms with Gasteiger partial charge >= 0.3 is 5.63 Å². The van der Waals surface area contributed by atoms with Gasteiger partial charge in [-0.1, -0.05) is 0 Å². The minimum Gasteiger partial charge on any atom is -0.422 e. The van der Waals surface area contributed by atoms with Crippen LogP contribution in [0.15, 0.2) is 33.5 Å². The molecular weight excluding hydrogens is 298 g/mol. The van der Waals surface area contributed by atoms with Gasteiger partial charge in [-0.3, -0.25) is 4.79 Å². The zero-order valence-electron chi connectivity index (χ0n) is 13.1. The number of hydrogen-bond donors (Lipinski definition) is 2. The summed E-state index contributed by atoms with van der Waals surface area (Å²) in [7, 11) is 0. The Bertz CT molecular complexity index is 729. The van der Waals surface area contributed by atoms with E-state index in [1.54, 1.807) is 30.0 Å². The van der Waals surface area contributed by atoms with Crippen molar-refractivity contribution in [3.63, 3.8) is 0 Å². The molecule has 0 saturated heterocycles. The molecule has 0 spiro atoms. The minimum atomic E-state index is -0.424. The summed E-state index contributed by atoms with van der Waals surface area (Å²) in [6.07, 6.45) is 0.969. The van der Waals surface area contributed by atoms with Crippen LogP contribution in [0.4, 0.5) is 0 Å². The molecule has 0 bridgehead atoms. The molecule has 1 aromatic carbocycles. The first kappa shape index (κ1) is 17.2. The molecule has 6 nitrogen and oxygen atoms in total. The van der Waals surface area contributed by atoms with Crippen LogP contribution in [-0.4, -0.2) is 47.3 Å². The molecule has 1 aromatic heterocycles. The highest BCUT2D eigenvalue weighted by Gasteiger charge is 2.17. The summed E-state index contributed by atoms with van der Waals surface area (Å²) in [5.41, 5.74) is 1.27. The van der Waals surface area contributed by atoms with Crippen LogP contribution >= 0.6 is 0 Å². The zero-order valence-corrected chi connectivity index (χ0v) is 13.1. The van der Waals surface area contributed by atoms with E-state index in [1.165, 1.54) is 6.07 Å². The summed E-state index contributed by atoms with van der Waals surface area (Å²) >= 11 is 0. The lowest BCUT2D eigenvalue weighted by Crippen LogP contribution is -2.33. The summed E-state index contributed by atoms with van der Waals surface area (Å²) in [6, 6.07) is 6.35. The molecule has 1 heterocycles. The Labute approximate surface area is 134 Å². The van der Waals surface area contributed by atoms with Gasteiger partial charge in [-0.15, -0.1) is 0 Å². The summed E-state index contributed by atoms with van der Waals surface area (Å²) in [5, 5.41) is 18.6. The predicted octanol–water partition coefficient (Wildman–Crippen LogP) is 1.31. The lowest BCUT2D eigenvalue weighted by Gasteiger charge is -2.22. The van der Waals surface area contributed by atoms with Gasteiger partial charge in [0.05, 0.1) is 0 Å². The molecule has 1 amide bonds. The van der Waals surface area contributed by atoms with Crippen LogP contribution in [0.3, 0.4) is 0 Å². The molecule has 2 N–H and O–H groups in total. The molecule has 6 heteroatoms. The number of aliphatic hydroxyl groups is 2. The van der Waals surface area contributed by atoms with Crippen molar-refractivity contribution in [2.24, 2.45) is 0 Å². The van der Waals surface area contributed by atoms with Gasteiger partial charge in [-0.2, -0.15) is 0 Å². The number of rotatable bonds is 7. The quantitative estimate of drug-likeness (QED) is 0.751. The molecule has 0 radical (unpaired) electrons. The molecular formula is C17H21NO5. The molecule has 0 aliphatic carbocycles. The number of aryl methyl sites for hydroxylation is 1. The molecule has 124 valence electrons. The summed E-state index contributed by atoms with van der Waals surface area (Å²) in [6.45, 7) is 2.65. The number of carbonyl (C=O) groups excluding carboxylic acids is 1. The molecule has 23 heavy (non-hydrogen) atoms. The van der Waals surface area contributed by atoms with Crippen molar-refractivity contribution < 1.29 is 19.4 Å². The molecule has 2 aromatic rings. The van der Waals surface area contributed by atoms with Gasteiger partial charge in [0.2, 0.25) is 0 Å². The lowest BCUT2D eigenvalue weighted by molar-refractivity contribution is 0.0734. The number of nitrogens with zero attached hydrogens (tertiary/aromatic N) is 1. The van der Waals surface area contributed by atoms with E-state index in [1.807, 2.05) is 0 Å². The van der Waals surface area contributed by atoms with Crippen molar-refractivity contribution in [3.05, 3.63) is 45.8 Å². The number of fused-ring (bicyclic) bond motifs is 1. The first-order valence-corrected chi connectivity index (χ1v) is 7.62. The van der Waals surface area contributed by atoms with Crippen LogP contribution in [0.2, 0.25) is 0 Å². The highest BCUT2D eigenvalue weighted by Crippen LogP contribution is 2.20. The third kappa shape index (κ3) is 4.18. The van der Waals surface area contributed by atoms with Crippen molar-refractivity contribution in [1.29, 1.82) is 0 Å². The number of aliphatic hydroxyl groups excluding tert-OH is 2. The molecule has 0 saturated carbocycles. The predicted molar refractivity (Wildman–Crippen MR) is 86.5 cm³/mol. The molecule has 0 aliphatic rings. The first-order valence-electron chi connectivity index (χ1n) is 7.62. The largest absolute Gasteiger partial charge is 0.422 e. The first-order chi connectivity index (χ1) is 11.1. The van der Waals surface area contributed by atoms with Crippen molar-refractivity contribution in [1.82, 2.24) is 4.90 Å². The van der Waals surface area contributed by atoms with Gasteiger partial charge in [0, 0.05) is 43.3 Å². The Balaban J connectivity index is 2.34. The van der Waals surface area contributed by atoms with Gasteiger partial charge in [0.25, 0.3) is 5.91 Å².